The largest absolute Gasteiger partial charge is 0.457 e. The highest BCUT2D eigenvalue weighted by Gasteiger charge is 2.15. The smallest absolute Gasteiger partial charge is 0.251 e. The van der Waals surface area contributed by atoms with Crippen LogP contribution < -0.4 is 15.4 Å². The molecule has 0 radical (unpaired) electrons. The van der Waals surface area contributed by atoms with Gasteiger partial charge >= 0.3 is 0 Å². The Labute approximate surface area is 190 Å². The van der Waals surface area contributed by atoms with Crippen molar-refractivity contribution in [2.24, 2.45) is 0 Å². The van der Waals surface area contributed by atoms with E-state index in [9.17, 15) is 14.4 Å². The predicted molar refractivity (Wildman–Crippen MR) is 123 cm³/mol. The molecule has 7 nitrogen and oxygen atoms in total. The summed E-state index contributed by atoms with van der Waals surface area (Å²) in [6, 6.07) is 22.7. The van der Waals surface area contributed by atoms with Crippen molar-refractivity contribution in [3.8, 4) is 11.5 Å². The van der Waals surface area contributed by atoms with E-state index >= 15 is 0 Å². The van der Waals surface area contributed by atoms with Crippen LogP contribution in [0.25, 0.3) is 0 Å². The maximum atomic E-state index is 12.3. The molecule has 3 amide bonds. The first-order valence-corrected chi connectivity index (χ1v) is 10.2. The maximum Gasteiger partial charge on any atom is 0.251 e. The van der Waals surface area contributed by atoms with Gasteiger partial charge in [-0.25, -0.2) is 0 Å². The van der Waals surface area contributed by atoms with Crippen molar-refractivity contribution >= 4 is 35.0 Å². The van der Waals surface area contributed by atoms with Crippen LogP contribution in [0, 0.1) is 0 Å². The number of hydrogen-bond acceptors (Lipinski definition) is 4. The Bertz CT molecular complexity index is 1090. The van der Waals surface area contributed by atoms with Crippen molar-refractivity contribution in [1.29, 1.82) is 0 Å². The van der Waals surface area contributed by atoms with Gasteiger partial charge in [0.25, 0.3) is 5.91 Å². The fraction of sp³-hybridized carbons (Fsp3) is 0.125. The van der Waals surface area contributed by atoms with E-state index in [2.05, 4.69) is 10.6 Å². The number of rotatable bonds is 8. The standard InChI is InChI=1S/C24H22ClN3O4/c1-28(16-22(29)27-21-10-6-5-9-20(21)25)23(30)15-26-24(31)17-11-13-19(14-12-17)32-18-7-3-2-4-8-18/h2-14H,15-16H2,1H3,(H,26,31)(H,27,29). The van der Waals surface area contributed by atoms with Crippen LogP contribution in [0.5, 0.6) is 11.5 Å². The summed E-state index contributed by atoms with van der Waals surface area (Å²) in [6.07, 6.45) is 0. The van der Waals surface area contributed by atoms with Crippen LogP contribution in [0.15, 0.2) is 78.9 Å². The Morgan fingerprint density at radius 1 is 0.875 bits per heavy atom. The Morgan fingerprint density at radius 3 is 2.19 bits per heavy atom. The molecule has 0 spiro atoms. The molecule has 3 rings (SSSR count). The number of carbonyl (C=O) groups is 3. The Hall–Kier alpha value is -3.84. The normalized spacial score (nSPS) is 10.2. The number of anilines is 1. The molecule has 0 unspecified atom stereocenters. The monoisotopic (exact) mass is 451 g/mol. The molecule has 0 saturated carbocycles. The molecule has 3 aromatic carbocycles. The number of nitrogens with one attached hydrogen (secondary N) is 2. The van der Waals surface area contributed by atoms with Gasteiger partial charge in [-0.2, -0.15) is 0 Å². The first-order chi connectivity index (χ1) is 15.4. The molecule has 0 aliphatic rings. The van der Waals surface area contributed by atoms with Crippen LogP contribution in [0.3, 0.4) is 0 Å². The maximum absolute atomic E-state index is 12.3. The zero-order chi connectivity index (χ0) is 22.9. The minimum Gasteiger partial charge on any atom is -0.457 e. The molecule has 0 aromatic heterocycles. The zero-order valence-corrected chi connectivity index (χ0v) is 18.1. The minimum absolute atomic E-state index is 0.175. The van der Waals surface area contributed by atoms with Gasteiger partial charge in [0, 0.05) is 12.6 Å². The second kappa shape index (κ2) is 11.0. The zero-order valence-electron chi connectivity index (χ0n) is 17.4. The highest BCUT2D eigenvalue weighted by molar-refractivity contribution is 6.33. The number of ether oxygens (including phenoxy) is 1. The van der Waals surface area contributed by atoms with Gasteiger partial charge in [-0.05, 0) is 48.5 Å². The highest BCUT2D eigenvalue weighted by Crippen LogP contribution is 2.21. The summed E-state index contributed by atoms with van der Waals surface area (Å²) in [5, 5.41) is 5.61. The van der Waals surface area contributed by atoms with Crippen LogP contribution in [0.4, 0.5) is 5.69 Å². The van der Waals surface area contributed by atoms with Crippen LogP contribution in [-0.4, -0.2) is 42.8 Å². The topological polar surface area (TPSA) is 87.7 Å². The molecule has 0 heterocycles. The van der Waals surface area contributed by atoms with E-state index in [0.717, 1.165) is 0 Å². The third-order valence-corrected chi connectivity index (χ3v) is 4.78. The number of para-hydroxylation sites is 2. The number of likely N-dealkylation sites (N-methyl/N-ethyl adjacent to an activating group) is 1. The lowest BCUT2D eigenvalue weighted by Crippen LogP contribution is -2.41. The van der Waals surface area contributed by atoms with E-state index in [4.69, 9.17) is 16.3 Å². The van der Waals surface area contributed by atoms with Crippen LogP contribution >= 0.6 is 11.6 Å². The summed E-state index contributed by atoms with van der Waals surface area (Å²) in [5.41, 5.74) is 0.852. The Balaban J connectivity index is 1.45. The van der Waals surface area contributed by atoms with Gasteiger partial charge in [0.2, 0.25) is 11.8 Å². The number of carbonyl (C=O) groups excluding carboxylic acids is 3. The van der Waals surface area contributed by atoms with E-state index < -0.39 is 17.7 Å². The molecule has 2 N–H and O–H groups in total. The fourth-order valence-electron chi connectivity index (χ4n) is 2.75. The van der Waals surface area contributed by atoms with Crippen molar-refractivity contribution < 1.29 is 19.1 Å². The lowest BCUT2D eigenvalue weighted by molar-refractivity contribution is -0.132. The summed E-state index contributed by atoms with van der Waals surface area (Å²) in [7, 11) is 1.48. The van der Waals surface area contributed by atoms with Gasteiger partial charge in [-0.3, -0.25) is 14.4 Å². The van der Waals surface area contributed by atoms with Crippen LogP contribution in [0.1, 0.15) is 10.4 Å². The number of benzene rings is 3. The summed E-state index contributed by atoms with van der Waals surface area (Å²) in [4.78, 5) is 38.0. The summed E-state index contributed by atoms with van der Waals surface area (Å²) in [5.74, 6) is 0.0782. The molecule has 8 heteroatoms. The first kappa shape index (κ1) is 22.8. The van der Waals surface area contributed by atoms with Gasteiger partial charge in [-0.1, -0.05) is 41.9 Å². The molecule has 0 atom stereocenters. The van der Waals surface area contributed by atoms with Crippen molar-refractivity contribution in [1.82, 2.24) is 10.2 Å². The molecule has 0 saturated heterocycles. The van der Waals surface area contributed by atoms with E-state index in [1.165, 1.54) is 11.9 Å². The molecule has 0 aliphatic heterocycles. The quantitative estimate of drug-likeness (QED) is 0.542. The van der Waals surface area contributed by atoms with Gasteiger partial charge in [0.15, 0.2) is 0 Å². The molecule has 3 aromatic rings. The summed E-state index contributed by atoms with van der Waals surface area (Å²) < 4.78 is 5.69. The average molecular weight is 452 g/mol. The average Bonchev–Trinajstić information content (AvgIpc) is 2.80. The molecular weight excluding hydrogens is 430 g/mol. The third-order valence-electron chi connectivity index (χ3n) is 4.45. The van der Waals surface area contributed by atoms with Crippen molar-refractivity contribution in [2.75, 3.05) is 25.5 Å². The van der Waals surface area contributed by atoms with Gasteiger partial charge < -0.3 is 20.3 Å². The summed E-state index contributed by atoms with van der Waals surface area (Å²) >= 11 is 6.01. The predicted octanol–water partition coefficient (Wildman–Crippen LogP) is 3.96. The minimum atomic E-state index is -0.406. The van der Waals surface area contributed by atoms with E-state index in [1.54, 1.807) is 48.5 Å². The van der Waals surface area contributed by atoms with Crippen LogP contribution in [0.2, 0.25) is 5.02 Å². The third kappa shape index (κ3) is 6.58. The second-order valence-corrected chi connectivity index (χ2v) is 7.31. The SMILES string of the molecule is CN(CC(=O)Nc1ccccc1Cl)C(=O)CNC(=O)c1ccc(Oc2ccccc2)cc1. The number of hydrogen-bond donors (Lipinski definition) is 2. The molecule has 0 aliphatic carbocycles. The molecule has 0 bridgehead atoms. The lowest BCUT2D eigenvalue weighted by Gasteiger charge is -2.17. The number of amides is 3. The van der Waals surface area contributed by atoms with E-state index in [-0.39, 0.29) is 13.1 Å². The van der Waals surface area contributed by atoms with Gasteiger partial charge in [0.05, 0.1) is 23.8 Å². The summed E-state index contributed by atoms with van der Waals surface area (Å²) in [6.45, 7) is -0.414. The lowest BCUT2D eigenvalue weighted by atomic mass is 10.2. The second-order valence-electron chi connectivity index (χ2n) is 6.90. The number of halogens is 1. The molecule has 164 valence electrons. The Kier molecular flexibility index (Phi) is 7.83. The molecular formula is C24H22ClN3O4. The van der Waals surface area contributed by atoms with Crippen molar-refractivity contribution in [2.45, 2.75) is 0 Å². The fourth-order valence-corrected chi connectivity index (χ4v) is 2.93. The number of nitrogens with zero attached hydrogens (tertiary/aromatic N) is 1. The Morgan fingerprint density at radius 2 is 1.50 bits per heavy atom. The van der Waals surface area contributed by atoms with Crippen LogP contribution in [-0.2, 0) is 9.59 Å². The van der Waals surface area contributed by atoms with E-state index in [0.29, 0.717) is 27.8 Å². The first-order valence-electron chi connectivity index (χ1n) is 9.82. The van der Waals surface area contributed by atoms with Crippen molar-refractivity contribution in [3.05, 3.63) is 89.4 Å². The van der Waals surface area contributed by atoms with Crippen molar-refractivity contribution in [3.63, 3.8) is 0 Å². The van der Waals surface area contributed by atoms with Gasteiger partial charge in [-0.15, -0.1) is 0 Å². The molecule has 0 fully saturated rings. The highest BCUT2D eigenvalue weighted by atomic mass is 35.5. The molecule has 32 heavy (non-hydrogen) atoms. The van der Waals surface area contributed by atoms with Gasteiger partial charge in [0.1, 0.15) is 11.5 Å². The van der Waals surface area contributed by atoms with E-state index in [1.807, 2.05) is 30.3 Å².